The smallest absolute Gasteiger partial charge is 0.227 e. The van der Waals surface area contributed by atoms with E-state index in [9.17, 15) is 4.79 Å². The first-order chi connectivity index (χ1) is 9.76. The first-order valence-electron chi connectivity index (χ1n) is 6.68. The molecule has 1 aliphatic rings. The molecule has 2 aromatic rings. The number of carbonyl (C=O) groups is 1. The Hall–Kier alpha value is -2.30. The van der Waals surface area contributed by atoms with E-state index >= 15 is 0 Å². The zero-order valence-corrected chi connectivity index (χ0v) is 11.4. The van der Waals surface area contributed by atoms with E-state index in [-0.39, 0.29) is 5.91 Å². The molecule has 1 N–H and O–H groups in total. The van der Waals surface area contributed by atoms with Crippen LogP contribution in [0.1, 0.15) is 16.8 Å². The molecule has 0 saturated heterocycles. The average molecular weight is 271 g/mol. The second-order valence-electron chi connectivity index (χ2n) is 4.97. The second-order valence-corrected chi connectivity index (χ2v) is 4.97. The largest absolute Gasteiger partial charge is 0.497 e. The fourth-order valence-electron chi connectivity index (χ4n) is 2.50. The Morgan fingerprint density at radius 1 is 1.50 bits per heavy atom. The Morgan fingerprint density at radius 2 is 2.40 bits per heavy atom. The summed E-state index contributed by atoms with van der Waals surface area (Å²) in [5.41, 5.74) is 3.25. The molecular weight excluding hydrogens is 254 g/mol. The maximum absolute atomic E-state index is 12.3. The summed E-state index contributed by atoms with van der Waals surface area (Å²) < 4.78 is 5.18. The highest BCUT2D eigenvalue weighted by molar-refractivity contribution is 5.79. The number of amides is 1. The van der Waals surface area contributed by atoms with Crippen LogP contribution in [0.3, 0.4) is 0 Å². The molecule has 20 heavy (non-hydrogen) atoms. The quantitative estimate of drug-likeness (QED) is 0.921. The number of rotatable bonds is 3. The van der Waals surface area contributed by atoms with Crippen molar-refractivity contribution < 1.29 is 9.53 Å². The lowest BCUT2D eigenvalue weighted by Gasteiger charge is -2.26. The van der Waals surface area contributed by atoms with Gasteiger partial charge in [-0.2, -0.15) is 5.10 Å². The first kappa shape index (κ1) is 12.7. The Balaban J connectivity index is 1.68. The van der Waals surface area contributed by atoms with Gasteiger partial charge in [-0.1, -0.05) is 12.1 Å². The lowest BCUT2D eigenvalue weighted by Crippen LogP contribution is -2.36. The molecule has 0 bridgehead atoms. The lowest BCUT2D eigenvalue weighted by atomic mass is 10.1. The summed E-state index contributed by atoms with van der Waals surface area (Å²) in [7, 11) is 1.63. The van der Waals surface area contributed by atoms with Gasteiger partial charge in [0.1, 0.15) is 5.75 Å². The van der Waals surface area contributed by atoms with Crippen LogP contribution in [0.5, 0.6) is 5.75 Å². The highest BCUT2D eigenvalue weighted by Gasteiger charge is 2.21. The minimum absolute atomic E-state index is 0.138. The van der Waals surface area contributed by atoms with Crippen LogP contribution in [0.25, 0.3) is 0 Å². The monoisotopic (exact) mass is 271 g/mol. The summed E-state index contributed by atoms with van der Waals surface area (Å²) in [5, 5.41) is 6.99. The Morgan fingerprint density at radius 3 is 3.25 bits per heavy atom. The van der Waals surface area contributed by atoms with E-state index in [1.165, 1.54) is 5.56 Å². The number of nitrogens with zero attached hydrogens (tertiary/aromatic N) is 2. The molecule has 1 aliphatic heterocycles. The summed E-state index contributed by atoms with van der Waals surface area (Å²) in [5.74, 6) is 0.920. The van der Waals surface area contributed by atoms with Crippen molar-refractivity contribution in [1.29, 1.82) is 0 Å². The molecule has 0 spiro atoms. The topological polar surface area (TPSA) is 58.2 Å². The number of benzene rings is 1. The van der Waals surface area contributed by atoms with Gasteiger partial charge in [0.05, 0.1) is 32.0 Å². The maximum Gasteiger partial charge on any atom is 0.227 e. The predicted octanol–water partition coefficient (Wildman–Crippen LogP) is 1.55. The van der Waals surface area contributed by atoms with Crippen LogP contribution in [0, 0.1) is 0 Å². The molecule has 1 aromatic carbocycles. The number of methoxy groups -OCH3 is 1. The maximum atomic E-state index is 12.3. The lowest BCUT2D eigenvalue weighted by molar-refractivity contribution is -0.131. The van der Waals surface area contributed by atoms with Crippen LogP contribution in [0.2, 0.25) is 0 Å². The number of aromatic nitrogens is 2. The number of hydrogen-bond donors (Lipinski definition) is 1. The van der Waals surface area contributed by atoms with E-state index in [1.807, 2.05) is 35.4 Å². The van der Waals surface area contributed by atoms with Crippen LogP contribution >= 0.6 is 0 Å². The molecule has 0 unspecified atom stereocenters. The van der Waals surface area contributed by atoms with Crippen LogP contribution in [-0.4, -0.2) is 34.7 Å². The number of aromatic amines is 1. The molecule has 0 saturated carbocycles. The van der Waals surface area contributed by atoms with Crippen molar-refractivity contribution in [1.82, 2.24) is 15.1 Å². The van der Waals surface area contributed by atoms with Crippen LogP contribution in [-0.2, 0) is 24.2 Å². The summed E-state index contributed by atoms with van der Waals surface area (Å²) in [6.07, 6.45) is 3.12. The molecule has 104 valence electrons. The third-order valence-corrected chi connectivity index (χ3v) is 3.65. The summed E-state index contributed by atoms with van der Waals surface area (Å²) >= 11 is 0. The van der Waals surface area contributed by atoms with Crippen LogP contribution in [0.4, 0.5) is 0 Å². The Kier molecular flexibility index (Phi) is 3.41. The van der Waals surface area contributed by atoms with Crippen molar-refractivity contribution in [3.63, 3.8) is 0 Å². The van der Waals surface area contributed by atoms with Crippen molar-refractivity contribution >= 4 is 5.91 Å². The van der Waals surface area contributed by atoms with E-state index in [4.69, 9.17) is 4.74 Å². The van der Waals surface area contributed by atoms with Gasteiger partial charge in [0.25, 0.3) is 0 Å². The average Bonchev–Trinajstić information content (AvgIpc) is 2.94. The zero-order chi connectivity index (χ0) is 13.9. The summed E-state index contributed by atoms with van der Waals surface area (Å²) in [6.45, 7) is 1.38. The van der Waals surface area contributed by atoms with Crippen LogP contribution in [0.15, 0.2) is 30.5 Å². The highest BCUT2D eigenvalue weighted by Crippen LogP contribution is 2.18. The highest BCUT2D eigenvalue weighted by atomic mass is 16.5. The van der Waals surface area contributed by atoms with E-state index in [0.717, 1.165) is 30.0 Å². The number of hydrogen-bond acceptors (Lipinski definition) is 3. The fraction of sp³-hybridized carbons (Fsp3) is 0.333. The molecule has 1 amide bonds. The molecule has 0 fully saturated rings. The zero-order valence-electron chi connectivity index (χ0n) is 11.4. The van der Waals surface area contributed by atoms with Crippen molar-refractivity contribution in [3.8, 4) is 5.75 Å². The van der Waals surface area contributed by atoms with E-state index in [1.54, 1.807) is 7.11 Å². The van der Waals surface area contributed by atoms with Gasteiger partial charge in [-0.25, -0.2) is 0 Å². The molecule has 0 aliphatic carbocycles. The molecule has 0 atom stereocenters. The number of H-pyrrole nitrogens is 1. The molecule has 5 nitrogen and oxygen atoms in total. The molecular formula is C15H17N3O2. The number of nitrogens with one attached hydrogen (secondary N) is 1. The normalized spacial score (nSPS) is 13.9. The third kappa shape index (κ3) is 2.52. The van der Waals surface area contributed by atoms with Crippen LogP contribution < -0.4 is 4.74 Å². The standard InChI is InChI=1S/C15H17N3O2/c1-20-13-4-2-3-11(7-13)8-15(19)18-6-5-12-9-16-17-14(12)10-18/h2-4,7,9H,5-6,8,10H2,1H3,(H,16,17). The SMILES string of the molecule is COc1cccc(CC(=O)N2CCc3cn[nH]c3C2)c1. The van der Waals surface area contributed by atoms with Gasteiger partial charge < -0.3 is 9.64 Å². The Labute approximate surface area is 117 Å². The number of fused-ring (bicyclic) bond motifs is 1. The fourth-order valence-corrected chi connectivity index (χ4v) is 2.50. The van der Waals surface area contributed by atoms with E-state index in [2.05, 4.69) is 10.2 Å². The van der Waals surface area contributed by atoms with Gasteiger partial charge in [-0.15, -0.1) is 0 Å². The molecule has 3 rings (SSSR count). The number of carbonyl (C=O) groups excluding carboxylic acids is 1. The predicted molar refractivity (Wildman–Crippen MR) is 74.4 cm³/mol. The molecule has 0 radical (unpaired) electrons. The van der Waals surface area contributed by atoms with Gasteiger partial charge in [0.2, 0.25) is 5.91 Å². The van der Waals surface area contributed by atoms with Crippen molar-refractivity contribution in [3.05, 3.63) is 47.3 Å². The van der Waals surface area contributed by atoms with Crippen molar-refractivity contribution in [2.24, 2.45) is 0 Å². The minimum atomic E-state index is 0.138. The molecule has 2 heterocycles. The van der Waals surface area contributed by atoms with E-state index in [0.29, 0.717) is 13.0 Å². The Bertz CT molecular complexity index is 621. The van der Waals surface area contributed by atoms with Crippen molar-refractivity contribution in [2.75, 3.05) is 13.7 Å². The van der Waals surface area contributed by atoms with Gasteiger partial charge in [-0.3, -0.25) is 9.89 Å². The van der Waals surface area contributed by atoms with E-state index < -0.39 is 0 Å². The van der Waals surface area contributed by atoms with Gasteiger partial charge in [0.15, 0.2) is 0 Å². The van der Waals surface area contributed by atoms with Crippen molar-refractivity contribution in [2.45, 2.75) is 19.4 Å². The molecule has 5 heteroatoms. The van der Waals surface area contributed by atoms with Gasteiger partial charge in [-0.05, 0) is 29.7 Å². The summed E-state index contributed by atoms with van der Waals surface area (Å²) in [4.78, 5) is 14.2. The van der Waals surface area contributed by atoms with Gasteiger partial charge in [0, 0.05) is 6.54 Å². The third-order valence-electron chi connectivity index (χ3n) is 3.65. The second kappa shape index (κ2) is 5.36. The number of ether oxygens (including phenoxy) is 1. The van der Waals surface area contributed by atoms with Gasteiger partial charge >= 0.3 is 0 Å². The first-order valence-corrected chi connectivity index (χ1v) is 6.68. The minimum Gasteiger partial charge on any atom is -0.497 e. The summed E-state index contributed by atoms with van der Waals surface area (Å²) in [6, 6.07) is 7.64. The molecule has 1 aromatic heterocycles.